The van der Waals surface area contributed by atoms with E-state index in [0.717, 1.165) is 42.7 Å². The average molecular weight is 308 g/mol. The molecule has 20 heavy (non-hydrogen) atoms. The van der Waals surface area contributed by atoms with Crippen LogP contribution < -0.4 is 9.80 Å². The lowest BCUT2D eigenvalue weighted by atomic mass is 10.2. The predicted molar refractivity (Wildman–Crippen MR) is 83.1 cm³/mol. The SMILES string of the molecule is S=c1nc(N2CCN(c3cccc(Cl)c3)CC2)cn[nH]1. The molecular formula is C13H14ClN5S. The molecule has 0 aliphatic carbocycles. The summed E-state index contributed by atoms with van der Waals surface area (Å²) in [5.41, 5.74) is 1.16. The van der Waals surface area contributed by atoms with Crippen LogP contribution in [-0.4, -0.2) is 41.4 Å². The van der Waals surface area contributed by atoms with Crippen molar-refractivity contribution in [2.45, 2.75) is 0 Å². The zero-order valence-electron chi connectivity index (χ0n) is 10.8. The first-order valence-electron chi connectivity index (χ1n) is 6.39. The molecule has 0 amide bonds. The predicted octanol–water partition coefficient (Wildman–Crippen LogP) is 2.51. The van der Waals surface area contributed by atoms with E-state index in [2.05, 4.69) is 31.0 Å². The minimum atomic E-state index is 0.416. The quantitative estimate of drug-likeness (QED) is 0.864. The first-order chi connectivity index (χ1) is 9.72. The lowest BCUT2D eigenvalue weighted by Gasteiger charge is -2.36. The summed E-state index contributed by atoms with van der Waals surface area (Å²) in [4.78, 5) is 8.80. The summed E-state index contributed by atoms with van der Waals surface area (Å²) in [6.45, 7) is 3.63. The first-order valence-corrected chi connectivity index (χ1v) is 7.18. The van der Waals surface area contributed by atoms with Gasteiger partial charge in [-0.3, -0.25) is 5.10 Å². The molecule has 1 fully saturated rings. The van der Waals surface area contributed by atoms with Gasteiger partial charge < -0.3 is 9.80 Å². The number of H-pyrrole nitrogens is 1. The van der Waals surface area contributed by atoms with Crippen LogP contribution in [0, 0.1) is 4.77 Å². The molecule has 0 atom stereocenters. The van der Waals surface area contributed by atoms with Crippen LogP contribution in [0.15, 0.2) is 30.5 Å². The lowest BCUT2D eigenvalue weighted by Crippen LogP contribution is -2.46. The van der Waals surface area contributed by atoms with Crippen molar-refractivity contribution in [3.63, 3.8) is 0 Å². The van der Waals surface area contributed by atoms with E-state index in [1.807, 2.05) is 18.2 Å². The van der Waals surface area contributed by atoms with E-state index in [0.29, 0.717) is 4.77 Å². The molecule has 2 aromatic rings. The maximum Gasteiger partial charge on any atom is 0.215 e. The smallest absolute Gasteiger partial charge is 0.215 e. The molecule has 7 heteroatoms. The van der Waals surface area contributed by atoms with Crippen LogP contribution in [0.3, 0.4) is 0 Å². The third-order valence-corrected chi connectivity index (χ3v) is 3.75. The summed E-state index contributed by atoms with van der Waals surface area (Å²) in [5.74, 6) is 0.833. The summed E-state index contributed by atoms with van der Waals surface area (Å²) in [5, 5.41) is 7.41. The summed E-state index contributed by atoms with van der Waals surface area (Å²) < 4.78 is 0.416. The Hall–Kier alpha value is -1.66. The van der Waals surface area contributed by atoms with Gasteiger partial charge in [0.1, 0.15) is 0 Å². The van der Waals surface area contributed by atoms with E-state index in [1.54, 1.807) is 6.20 Å². The minimum Gasteiger partial charge on any atom is -0.368 e. The second-order valence-electron chi connectivity index (χ2n) is 4.60. The molecule has 5 nitrogen and oxygen atoms in total. The van der Waals surface area contributed by atoms with Crippen LogP contribution in [0.5, 0.6) is 0 Å². The molecule has 1 N–H and O–H groups in total. The minimum absolute atomic E-state index is 0.416. The van der Waals surface area contributed by atoms with Crippen LogP contribution in [0.4, 0.5) is 11.5 Å². The number of anilines is 2. The molecule has 3 rings (SSSR count). The van der Waals surface area contributed by atoms with Gasteiger partial charge in [0, 0.05) is 36.9 Å². The van der Waals surface area contributed by atoms with Gasteiger partial charge >= 0.3 is 0 Å². The van der Waals surface area contributed by atoms with Crippen molar-refractivity contribution in [3.8, 4) is 0 Å². The molecule has 0 saturated carbocycles. The number of halogens is 1. The van der Waals surface area contributed by atoms with E-state index in [1.165, 1.54) is 0 Å². The third-order valence-electron chi connectivity index (χ3n) is 3.33. The zero-order valence-corrected chi connectivity index (χ0v) is 12.4. The Morgan fingerprint density at radius 1 is 1.15 bits per heavy atom. The van der Waals surface area contributed by atoms with Crippen molar-refractivity contribution in [1.82, 2.24) is 15.2 Å². The van der Waals surface area contributed by atoms with E-state index in [9.17, 15) is 0 Å². The lowest BCUT2D eigenvalue weighted by molar-refractivity contribution is 0.643. The molecule has 104 valence electrons. The molecule has 0 unspecified atom stereocenters. The van der Waals surface area contributed by atoms with Crippen LogP contribution >= 0.6 is 23.8 Å². The largest absolute Gasteiger partial charge is 0.368 e. The average Bonchev–Trinajstić information content (AvgIpc) is 2.47. The summed E-state index contributed by atoms with van der Waals surface area (Å²) in [6.07, 6.45) is 1.71. The third kappa shape index (κ3) is 2.91. The van der Waals surface area contributed by atoms with E-state index < -0.39 is 0 Å². The molecule has 2 heterocycles. The van der Waals surface area contributed by atoms with E-state index in [4.69, 9.17) is 23.8 Å². The molecule has 0 spiro atoms. The maximum absolute atomic E-state index is 6.04. The van der Waals surface area contributed by atoms with Gasteiger partial charge in [-0.1, -0.05) is 17.7 Å². The number of hydrogen-bond acceptors (Lipinski definition) is 5. The van der Waals surface area contributed by atoms with Crippen LogP contribution in [0.1, 0.15) is 0 Å². The molecule has 1 aliphatic heterocycles. The van der Waals surface area contributed by atoms with Gasteiger partial charge in [0.25, 0.3) is 0 Å². The van der Waals surface area contributed by atoms with E-state index in [-0.39, 0.29) is 0 Å². The molecule has 1 aromatic heterocycles. The second-order valence-corrected chi connectivity index (χ2v) is 5.42. The van der Waals surface area contributed by atoms with Gasteiger partial charge in [-0.2, -0.15) is 10.1 Å². The van der Waals surface area contributed by atoms with Gasteiger partial charge in [0.15, 0.2) is 5.82 Å². The van der Waals surface area contributed by atoms with E-state index >= 15 is 0 Å². The van der Waals surface area contributed by atoms with Crippen molar-refractivity contribution in [2.24, 2.45) is 0 Å². The van der Waals surface area contributed by atoms with Gasteiger partial charge in [0.05, 0.1) is 6.20 Å². The number of benzene rings is 1. The highest BCUT2D eigenvalue weighted by atomic mass is 35.5. The van der Waals surface area contributed by atoms with Crippen LogP contribution in [-0.2, 0) is 0 Å². The summed E-state index contributed by atoms with van der Waals surface area (Å²) >= 11 is 11.0. The number of aromatic nitrogens is 3. The monoisotopic (exact) mass is 307 g/mol. The highest BCUT2D eigenvalue weighted by Gasteiger charge is 2.18. The Kier molecular flexibility index (Phi) is 3.84. The number of piperazine rings is 1. The summed E-state index contributed by atoms with van der Waals surface area (Å²) in [6, 6.07) is 7.95. The van der Waals surface area contributed by atoms with Crippen LogP contribution in [0.25, 0.3) is 0 Å². The molecule has 0 bridgehead atoms. The first kappa shape index (κ1) is 13.3. The van der Waals surface area contributed by atoms with Gasteiger partial charge in [0.2, 0.25) is 4.77 Å². The molecule has 1 aliphatic rings. The Morgan fingerprint density at radius 2 is 1.90 bits per heavy atom. The van der Waals surface area contributed by atoms with Gasteiger partial charge in [-0.25, -0.2) is 0 Å². The number of rotatable bonds is 2. The Labute approximate surface area is 127 Å². The van der Waals surface area contributed by atoms with Crippen molar-refractivity contribution < 1.29 is 0 Å². The van der Waals surface area contributed by atoms with Crippen molar-refractivity contribution in [3.05, 3.63) is 40.3 Å². The number of nitrogens with one attached hydrogen (secondary N) is 1. The highest BCUT2D eigenvalue weighted by Crippen LogP contribution is 2.21. The second kappa shape index (κ2) is 5.76. The van der Waals surface area contributed by atoms with Gasteiger partial charge in [-0.05, 0) is 30.4 Å². The Bertz CT molecular complexity index is 651. The summed E-state index contributed by atoms with van der Waals surface area (Å²) in [7, 11) is 0. The fourth-order valence-corrected chi connectivity index (χ4v) is 2.65. The van der Waals surface area contributed by atoms with Gasteiger partial charge in [-0.15, -0.1) is 0 Å². The Balaban J connectivity index is 1.69. The standard InChI is InChI=1S/C13H14ClN5S/c14-10-2-1-3-11(8-10)18-4-6-19(7-5-18)12-9-15-17-13(20)16-12/h1-3,8-9H,4-7H2,(H,16,17,20). The fourth-order valence-electron chi connectivity index (χ4n) is 2.32. The van der Waals surface area contributed by atoms with Crippen molar-refractivity contribution in [1.29, 1.82) is 0 Å². The fraction of sp³-hybridized carbons (Fsp3) is 0.308. The maximum atomic E-state index is 6.04. The van der Waals surface area contributed by atoms with Crippen LogP contribution in [0.2, 0.25) is 5.02 Å². The number of hydrogen-bond donors (Lipinski definition) is 1. The topological polar surface area (TPSA) is 48.1 Å². The zero-order chi connectivity index (χ0) is 13.9. The number of aromatic amines is 1. The highest BCUT2D eigenvalue weighted by molar-refractivity contribution is 7.71. The van der Waals surface area contributed by atoms with Crippen molar-refractivity contribution >= 4 is 35.3 Å². The normalized spacial score (nSPS) is 15.4. The molecule has 0 radical (unpaired) electrons. The molecule has 1 aromatic carbocycles. The van der Waals surface area contributed by atoms with Crippen molar-refractivity contribution in [2.75, 3.05) is 36.0 Å². The number of nitrogens with zero attached hydrogens (tertiary/aromatic N) is 4. The Morgan fingerprint density at radius 3 is 2.60 bits per heavy atom. The molecular weight excluding hydrogens is 294 g/mol. The molecule has 1 saturated heterocycles.